The van der Waals surface area contributed by atoms with E-state index in [1.165, 1.54) is 18.5 Å². The maximum absolute atomic E-state index is 13.8. The first-order valence-corrected chi connectivity index (χ1v) is 7.68. The van der Waals surface area contributed by atoms with Gasteiger partial charge in [-0.25, -0.2) is 13.2 Å². The van der Waals surface area contributed by atoms with Gasteiger partial charge in [0, 0.05) is 11.9 Å². The van der Waals surface area contributed by atoms with Crippen molar-refractivity contribution in [1.82, 2.24) is 4.98 Å². The maximum Gasteiger partial charge on any atom is 0.257 e. The number of rotatable bonds is 4. The first-order valence-electron chi connectivity index (χ1n) is 7.68. The number of halogens is 3. The third-order valence-corrected chi connectivity index (χ3v) is 3.71. The van der Waals surface area contributed by atoms with Crippen LogP contribution in [0.2, 0.25) is 0 Å². The Labute approximate surface area is 147 Å². The standard InChI is InChI=1S/C19H14F3N3O/c1-11-4-2-3-5-15(11)25-19(26)12-8-13(10-23-9-12)24-16-7-6-14(20)17(21)18(16)22/h2-10,24H,1H3,(H,25,26). The van der Waals surface area contributed by atoms with Gasteiger partial charge in [0.2, 0.25) is 0 Å². The van der Waals surface area contributed by atoms with E-state index in [0.29, 0.717) is 5.69 Å². The van der Waals surface area contributed by atoms with E-state index in [-0.39, 0.29) is 16.9 Å². The topological polar surface area (TPSA) is 54.0 Å². The zero-order valence-corrected chi connectivity index (χ0v) is 13.7. The van der Waals surface area contributed by atoms with Crippen molar-refractivity contribution in [2.45, 2.75) is 6.92 Å². The van der Waals surface area contributed by atoms with E-state index in [9.17, 15) is 18.0 Å². The number of nitrogens with one attached hydrogen (secondary N) is 2. The Morgan fingerprint density at radius 1 is 0.962 bits per heavy atom. The number of carbonyl (C=O) groups is 1. The molecule has 3 aromatic rings. The molecule has 7 heteroatoms. The summed E-state index contributed by atoms with van der Waals surface area (Å²) >= 11 is 0. The molecule has 0 bridgehead atoms. The van der Waals surface area contributed by atoms with Crippen molar-refractivity contribution in [3.8, 4) is 0 Å². The van der Waals surface area contributed by atoms with Crippen molar-refractivity contribution >= 4 is 23.0 Å². The summed E-state index contributed by atoms with van der Waals surface area (Å²) in [4.78, 5) is 16.3. The van der Waals surface area contributed by atoms with Crippen molar-refractivity contribution in [2.24, 2.45) is 0 Å². The van der Waals surface area contributed by atoms with Crippen LogP contribution in [-0.2, 0) is 0 Å². The lowest BCUT2D eigenvalue weighted by molar-refractivity contribution is 0.102. The molecule has 0 saturated carbocycles. The average Bonchev–Trinajstić information content (AvgIpc) is 2.64. The van der Waals surface area contributed by atoms with E-state index in [1.54, 1.807) is 12.1 Å². The van der Waals surface area contributed by atoms with Crippen LogP contribution in [0.3, 0.4) is 0 Å². The van der Waals surface area contributed by atoms with Crippen LogP contribution >= 0.6 is 0 Å². The minimum absolute atomic E-state index is 0.223. The summed E-state index contributed by atoms with van der Waals surface area (Å²) in [5.41, 5.74) is 1.77. The smallest absolute Gasteiger partial charge is 0.257 e. The van der Waals surface area contributed by atoms with E-state index in [4.69, 9.17) is 0 Å². The molecule has 0 atom stereocenters. The Morgan fingerprint density at radius 3 is 2.50 bits per heavy atom. The lowest BCUT2D eigenvalue weighted by Gasteiger charge is -2.11. The minimum Gasteiger partial charge on any atom is -0.352 e. The number of nitrogens with zero attached hydrogens (tertiary/aromatic N) is 1. The fraction of sp³-hybridized carbons (Fsp3) is 0.0526. The first-order chi connectivity index (χ1) is 12.5. The number of hydrogen-bond acceptors (Lipinski definition) is 3. The Kier molecular flexibility index (Phi) is 4.88. The molecule has 0 fully saturated rings. The van der Waals surface area contributed by atoms with Gasteiger partial charge in [0.1, 0.15) is 0 Å². The molecule has 3 rings (SSSR count). The molecule has 26 heavy (non-hydrogen) atoms. The number of para-hydroxylation sites is 1. The Bertz CT molecular complexity index is 976. The molecule has 0 spiro atoms. The highest BCUT2D eigenvalue weighted by molar-refractivity contribution is 6.05. The molecule has 2 N–H and O–H groups in total. The van der Waals surface area contributed by atoms with Crippen LogP contribution in [-0.4, -0.2) is 10.9 Å². The van der Waals surface area contributed by atoms with Crippen molar-refractivity contribution in [2.75, 3.05) is 10.6 Å². The summed E-state index contributed by atoms with van der Waals surface area (Å²) < 4.78 is 40.1. The first kappa shape index (κ1) is 17.5. The average molecular weight is 357 g/mol. The summed E-state index contributed by atoms with van der Waals surface area (Å²) in [5, 5.41) is 5.34. The van der Waals surface area contributed by atoms with Gasteiger partial charge in [-0.2, -0.15) is 0 Å². The van der Waals surface area contributed by atoms with E-state index in [1.807, 2.05) is 19.1 Å². The lowest BCUT2D eigenvalue weighted by Crippen LogP contribution is -2.13. The third kappa shape index (κ3) is 3.66. The van der Waals surface area contributed by atoms with E-state index >= 15 is 0 Å². The molecule has 132 valence electrons. The summed E-state index contributed by atoms with van der Waals surface area (Å²) in [7, 11) is 0. The molecule has 0 aliphatic heterocycles. The van der Waals surface area contributed by atoms with Gasteiger partial charge in [0.15, 0.2) is 17.5 Å². The maximum atomic E-state index is 13.8. The van der Waals surface area contributed by atoms with E-state index in [2.05, 4.69) is 15.6 Å². The van der Waals surface area contributed by atoms with Crippen LogP contribution < -0.4 is 10.6 Å². The number of carbonyl (C=O) groups excluding carboxylic acids is 1. The fourth-order valence-corrected chi connectivity index (χ4v) is 2.32. The van der Waals surface area contributed by atoms with Gasteiger partial charge in [0.25, 0.3) is 5.91 Å². The third-order valence-electron chi connectivity index (χ3n) is 3.71. The summed E-state index contributed by atoms with van der Waals surface area (Å²) in [6.07, 6.45) is 2.69. The monoisotopic (exact) mass is 357 g/mol. The molecule has 0 unspecified atom stereocenters. The highest BCUT2D eigenvalue weighted by Crippen LogP contribution is 2.24. The van der Waals surface area contributed by atoms with Crippen molar-refractivity contribution in [3.05, 3.63) is 83.4 Å². The highest BCUT2D eigenvalue weighted by atomic mass is 19.2. The molecule has 0 saturated heterocycles. The van der Waals surface area contributed by atoms with Crippen LogP contribution in [0.5, 0.6) is 0 Å². The molecular weight excluding hydrogens is 343 g/mol. The van der Waals surface area contributed by atoms with Gasteiger partial charge < -0.3 is 10.6 Å². The number of aromatic nitrogens is 1. The lowest BCUT2D eigenvalue weighted by atomic mass is 10.2. The van der Waals surface area contributed by atoms with Crippen LogP contribution in [0.15, 0.2) is 54.9 Å². The fourth-order valence-electron chi connectivity index (χ4n) is 2.32. The van der Waals surface area contributed by atoms with Crippen LogP contribution in [0, 0.1) is 24.4 Å². The van der Waals surface area contributed by atoms with E-state index < -0.39 is 23.4 Å². The van der Waals surface area contributed by atoms with Gasteiger partial charge in [-0.05, 0) is 36.8 Å². The molecule has 0 radical (unpaired) electrons. The Balaban J connectivity index is 1.81. The predicted octanol–water partition coefficient (Wildman–Crippen LogP) is 4.80. The van der Waals surface area contributed by atoms with Crippen LogP contribution in [0.25, 0.3) is 0 Å². The van der Waals surface area contributed by atoms with E-state index in [0.717, 1.165) is 17.7 Å². The number of anilines is 3. The molecule has 0 aliphatic rings. The Morgan fingerprint density at radius 2 is 1.73 bits per heavy atom. The molecule has 1 amide bonds. The van der Waals surface area contributed by atoms with Crippen molar-refractivity contribution in [1.29, 1.82) is 0 Å². The number of hydrogen-bond donors (Lipinski definition) is 2. The van der Waals surface area contributed by atoms with Crippen LogP contribution in [0.1, 0.15) is 15.9 Å². The minimum atomic E-state index is -1.57. The predicted molar refractivity (Wildman–Crippen MR) is 93.0 cm³/mol. The second-order valence-corrected chi connectivity index (χ2v) is 5.58. The Hall–Kier alpha value is -3.35. The summed E-state index contributed by atoms with van der Waals surface area (Å²) in [6.45, 7) is 1.86. The second-order valence-electron chi connectivity index (χ2n) is 5.58. The van der Waals surface area contributed by atoms with Crippen molar-refractivity contribution in [3.63, 3.8) is 0 Å². The van der Waals surface area contributed by atoms with Crippen LogP contribution in [0.4, 0.5) is 30.2 Å². The normalized spacial score (nSPS) is 10.5. The zero-order chi connectivity index (χ0) is 18.7. The molecule has 4 nitrogen and oxygen atoms in total. The second kappa shape index (κ2) is 7.26. The van der Waals surface area contributed by atoms with Gasteiger partial charge in [-0.3, -0.25) is 9.78 Å². The van der Waals surface area contributed by atoms with Gasteiger partial charge in [-0.1, -0.05) is 18.2 Å². The zero-order valence-electron chi connectivity index (χ0n) is 13.7. The molecule has 0 aliphatic carbocycles. The largest absolute Gasteiger partial charge is 0.352 e. The highest BCUT2D eigenvalue weighted by Gasteiger charge is 2.14. The molecular formula is C19H14F3N3O. The number of aryl methyl sites for hydroxylation is 1. The SMILES string of the molecule is Cc1ccccc1NC(=O)c1cncc(Nc2ccc(F)c(F)c2F)c1. The summed E-state index contributed by atoms with van der Waals surface area (Å²) in [5.74, 6) is -4.60. The molecule has 1 heterocycles. The molecule has 1 aromatic heterocycles. The van der Waals surface area contributed by atoms with Gasteiger partial charge >= 0.3 is 0 Å². The quantitative estimate of drug-likeness (QED) is 0.659. The summed E-state index contributed by atoms with van der Waals surface area (Å²) in [6, 6.07) is 10.6. The number of benzene rings is 2. The van der Waals surface area contributed by atoms with Crippen molar-refractivity contribution < 1.29 is 18.0 Å². The number of amides is 1. The molecule has 2 aromatic carbocycles. The number of pyridine rings is 1. The van der Waals surface area contributed by atoms with Gasteiger partial charge in [-0.15, -0.1) is 0 Å². The van der Waals surface area contributed by atoms with Gasteiger partial charge in [0.05, 0.1) is 23.1 Å².